The summed E-state index contributed by atoms with van der Waals surface area (Å²) in [6.07, 6.45) is 0. The van der Waals surface area contributed by atoms with Crippen molar-refractivity contribution in [3.8, 4) is 0 Å². The van der Waals surface area contributed by atoms with Crippen LogP contribution >= 0.6 is 11.6 Å². The van der Waals surface area contributed by atoms with Gasteiger partial charge in [-0.1, -0.05) is 11.6 Å². The highest BCUT2D eigenvalue weighted by Gasteiger charge is 2.09. The Kier molecular flexibility index (Phi) is 5.57. The molecule has 1 amide bonds. The van der Waals surface area contributed by atoms with Gasteiger partial charge in [0, 0.05) is 0 Å². The highest BCUT2D eigenvalue weighted by atomic mass is 35.5. The maximum atomic E-state index is 11.5. The molecule has 0 unspecified atom stereocenters. The highest BCUT2D eigenvalue weighted by Crippen LogP contribution is 2.22. The maximum absolute atomic E-state index is 11.5. The molecule has 98 valence electrons. The summed E-state index contributed by atoms with van der Waals surface area (Å²) in [5.41, 5.74) is 2.74. The van der Waals surface area contributed by atoms with E-state index in [1.165, 1.54) is 18.2 Å². The molecule has 1 aromatic carbocycles. The van der Waals surface area contributed by atoms with E-state index in [2.05, 4.69) is 10.8 Å². The molecule has 0 atom stereocenters. The number of aromatic carboxylic acids is 1. The van der Waals surface area contributed by atoms with Gasteiger partial charge in [0.1, 0.15) is 6.54 Å². The van der Waals surface area contributed by atoms with E-state index >= 15 is 0 Å². The Morgan fingerprint density at radius 1 is 1.44 bits per heavy atom. The third-order valence-corrected chi connectivity index (χ3v) is 2.30. The molecule has 0 aliphatic rings. The number of nitrogens with one attached hydrogen (secondary N) is 2. The Morgan fingerprint density at radius 3 is 2.78 bits per heavy atom. The summed E-state index contributed by atoms with van der Waals surface area (Å²) in [6, 6.07) is 4.07. The fourth-order valence-corrected chi connectivity index (χ4v) is 1.33. The first-order valence-electron chi connectivity index (χ1n) is 5.22. The van der Waals surface area contributed by atoms with Gasteiger partial charge in [-0.3, -0.25) is 4.79 Å². The molecule has 0 saturated heterocycles. The second kappa shape index (κ2) is 6.95. The lowest BCUT2D eigenvalue weighted by molar-refractivity contribution is -0.117. The van der Waals surface area contributed by atoms with Crippen LogP contribution in [0.1, 0.15) is 17.3 Å². The molecule has 0 aliphatic heterocycles. The average molecular weight is 273 g/mol. The molecule has 0 aliphatic carbocycles. The normalized spacial score (nSPS) is 10.1. The zero-order valence-corrected chi connectivity index (χ0v) is 10.5. The Morgan fingerprint density at radius 2 is 2.17 bits per heavy atom. The molecule has 0 bridgehead atoms. The van der Waals surface area contributed by atoms with Crippen LogP contribution in [0.25, 0.3) is 0 Å². The molecule has 7 heteroatoms. The fraction of sp³-hybridized carbons (Fsp3) is 0.273. The molecule has 0 fully saturated rings. The third kappa shape index (κ3) is 4.33. The van der Waals surface area contributed by atoms with Gasteiger partial charge in [0.2, 0.25) is 5.91 Å². The third-order valence-electron chi connectivity index (χ3n) is 1.97. The second-order valence-corrected chi connectivity index (χ2v) is 3.71. The smallest absolute Gasteiger partial charge is 0.335 e. The summed E-state index contributed by atoms with van der Waals surface area (Å²) in [4.78, 5) is 27.0. The number of carboxylic acids is 1. The van der Waals surface area contributed by atoms with E-state index in [1.807, 2.05) is 0 Å². The van der Waals surface area contributed by atoms with Gasteiger partial charge in [0.25, 0.3) is 0 Å². The molecule has 0 spiro atoms. The molecule has 1 aromatic rings. The van der Waals surface area contributed by atoms with Crippen molar-refractivity contribution in [2.75, 3.05) is 18.5 Å². The number of halogens is 1. The number of rotatable bonds is 6. The molecule has 0 radical (unpaired) electrons. The molecular weight excluding hydrogens is 260 g/mol. The van der Waals surface area contributed by atoms with Crippen LogP contribution in [0.15, 0.2) is 18.2 Å². The number of anilines is 1. The minimum atomic E-state index is -1.09. The van der Waals surface area contributed by atoms with E-state index in [0.717, 1.165) is 0 Å². The Balaban J connectivity index is 2.68. The Labute approximate surface area is 109 Å². The fourth-order valence-electron chi connectivity index (χ4n) is 1.17. The number of amides is 1. The molecule has 0 heterocycles. The summed E-state index contributed by atoms with van der Waals surface area (Å²) in [5, 5.41) is 11.6. The second-order valence-electron chi connectivity index (χ2n) is 3.30. The molecule has 1 rings (SSSR count). The van der Waals surface area contributed by atoms with Crippen LogP contribution in [0.4, 0.5) is 5.69 Å². The van der Waals surface area contributed by atoms with Crippen molar-refractivity contribution in [1.29, 1.82) is 0 Å². The summed E-state index contributed by atoms with van der Waals surface area (Å²) in [7, 11) is 0. The first kappa shape index (κ1) is 14.4. The van der Waals surface area contributed by atoms with E-state index in [-0.39, 0.29) is 28.7 Å². The summed E-state index contributed by atoms with van der Waals surface area (Å²) >= 11 is 5.85. The van der Waals surface area contributed by atoms with Crippen LogP contribution in [0.2, 0.25) is 5.02 Å². The number of carbonyl (C=O) groups excluding carboxylic acids is 1. The quantitative estimate of drug-likeness (QED) is 0.540. The number of carbonyl (C=O) groups is 2. The number of hydroxylamine groups is 1. The average Bonchev–Trinajstić information content (AvgIpc) is 2.32. The molecular formula is C11H13ClN2O4. The highest BCUT2D eigenvalue weighted by molar-refractivity contribution is 6.33. The minimum Gasteiger partial charge on any atom is -0.478 e. The number of hydrogen-bond donors (Lipinski definition) is 3. The topological polar surface area (TPSA) is 87.7 Å². The predicted octanol–water partition coefficient (Wildman–Crippen LogP) is 1.52. The van der Waals surface area contributed by atoms with Gasteiger partial charge in [-0.15, -0.1) is 0 Å². The van der Waals surface area contributed by atoms with Gasteiger partial charge in [-0.2, -0.15) is 5.48 Å². The van der Waals surface area contributed by atoms with Crippen molar-refractivity contribution in [2.45, 2.75) is 6.92 Å². The van der Waals surface area contributed by atoms with E-state index in [0.29, 0.717) is 6.61 Å². The van der Waals surface area contributed by atoms with Gasteiger partial charge in [0.15, 0.2) is 0 Å². The van der Waals surface area contributed by atoms with Gasteiger partial charge < -0.3 is 15.3 Å². The number of carboxylic acid groups (broad SMARTS) is 1. The lowest BCUT2D eigenvalue weighted by atomic mass is 10.2. The standard InChI is InChI=1S/C11H13ClN2O4/c1-2-18-13-6-10(15)14-9-5-7(11(16)17)3-4-8(9)12/h3-5,13H,2,6H2,1H3,(H,14,15)(H,16,17). The van der Waals surface area contributed by atoms with Gasteiger partial charge in [-0.05, 0) is 25.1 Å². The Hall–Kier alpha value is -1.63. The minimum absolute atomic E-state index is 0.0486. The van der Waals surface area contributed by atoms with E-state index in [9.17, 15) is 9.59 Å². The van der Waals surface area contributed by atoms with Gasteiger partial charge in [-0.25, -0.2) is 4.79 Å². The van der Waals surface area contributed by atoms with E-state index in [1.54, 1.807) is 6.92 Å². The summed E-state index contributed by atoms with van der Waals surface area (Å²) in [6.45, 7) is 2.15. The monoisotopic (exact) mass is 272 g/mol. The van der Waals surface area contributed by atoms with Crippen LogP contribution < -0.4 is 10.8 Å². The van der Waals surface area contributed by atoms with Crippen LogP contribution in [-0.4, -0.2) is 30.1 Å². The van der Waals surface area contributed by atoms with Crippen molar-refractivity contribution in [3.05, 3.63) is 28.8 Å². The summed E-state index contributed by atoms with van der Waals surface area (Å²) in [5.74, 6) is -1.47. The van der Waals surface area contributed by atoms with Gasteiger partial charge >= 0.3 is 5.97 Å². The Bertz CT molecular complexity index is 451. The van der Waals surface area contributed by atoms with Crippen molar-refractivity contribution in [2.24, 2.45) is 0 Å². The number of benzene rings is 1. The first-order chi connectivity index (χ1) is 8.54. The van der Waals surface area contributed by atoms with Crippen molar-refractivity contribution < 1.29 is 19.5 Å². The molecule has 0 aromatic heterocycles. The SMILES string of the molecule is CCONCC(=O)Nc1cc(C(=O)O)ccc1Cl. The lowest BCUT2D eigenvalue weighted by Crippen LogP contribution is -2.28. The van der Waals surface area contributed by atoms with Crippen molar-refractivity contribution >= 4 is 29.2 Å². The van der Waals surface area contributed by atoms with Crippen LogP contribution in [0.5, 0.6) is 0 Å². The largest absolute Gasteiger partial charge is 0.478 e. The number of hydrogen-bond acceptors (Lipinski definition) is 4. The lowest BCUT2D eigenvalue weighted by Gasteiger charge is -2.08. The summed E-state index contributed by atoms with van der Waals surface area (Å²) < 4.78 is 0. The van der Waals surface area contributed by atoms with Crippen LogP contribution in [-0.2, 0) is 9.63 Å². The maximum Gasteiger partial charge on any atom is 0.335 e. The van der Waals surface area contributed by atoms with E-state index < -0.39 is 5.97 Å². The van der Waals surface area contributed by atoms with Gasteiger partial charge in [0.05, 0.1) is 22.9 Å². The van der Waals surface area contributed by atoms with Crippen molar-refractivity contribution in [1.82, 2.24) is 5.48 Å². The zero-order valence-electron chi connectivity index (χ0n) is 9.70. The molecule has 18 heavy (non-hydrogen) atoms. The van der Waals surface area contributed by atoms with Crippen molar-refractivity contribution in [3.63, 3.8) is 0 Å². The zero-order chi connectivity index (χ0) is 13.5. The molecule has 6 nitrogen and oxygen atoms in total. The first-order valence-corrected chi connectivity index (χ1v) is 5.59. The van der Waals surface area contributed by atoms with E-state index in [4.69, 9.17) is 21.5 Å². The predicted molar refractivity (Wildman–Crippen MR) is 66.7 cm³/mol. The molecule has 3 N–H and O–H groups in total. The van der Waals surface area contributed by atoms with Crippen LogP contribution in [0, 0.1) is 0 Å². The van der Waals surface area contributed by atoms with Crippen LogP contribution in [0.3, 0.4) is 0 Å². The molecule has 0 saturated carbocycles.